The molecular weight excluding hydrogens is 148 g/mol. The predicted octanol–water partition coefficient (Wildman–Crippen LogP) is 1.84. The topological polar surface area (TPSA) is 29.3 Å². The number of hydrogen-bond acceptors (Lipinski definition) is 2. The molecule has 0 radical (unpaired) electrons. The molecule has 0 atom stereocenters. The van der Waals surface area contributed by atoms with Crippen molar-refractivity contribution < 1.29 is 0 Å². The quantitative estimate of drug-likeness (QED) is 0.701. The molecule has 0 fully saturated rings. The molecular formula is C10H24N2. The summed E-state index contributed by atoms with van der Waals surface area (Å²) in [5, 5.41) is 0. The Kier molecular flexibility index (Phi) is 3.73. The first-order chi connectivity index (χ1) is 5.15. The van der Waals surface area contributed by atoms with Crippen LogP contribution in [0, 0.1) is 0 Å². The Labute approximate surface area is 77.1 Å². The zero-order valence-electron chi connectivity index (χ0n) is 9.44. The second-order valence-electron chi connectivity index (χ2n) is 5.20. The van der Waals surface area contributed by atoms with Crippen molar-refractivity contribution in [2.24, 2.45) is 5.73 Å². The fourth-order valence-electron chi connectivity index (χ4n) is 0.852. The van der Waals surface area contributed by atoms with E-state index in [4.69, 9.17) is 5.73 Å². The molecule has 0 spiro atoms. The van der Waals surface area contributed by atoms with E-state index >= 15 is 0 Å². The zero-order chi connectivity index (χ0) is 9.99. The monoisotopic (exact) mass is 172 g/mol. The fraction of sp³-hybridized carbons (Fsp3) is 1.00. The van der Waals surface area contributed by atoms with E-state index in [0.717, 1.165) is 12.8 Å². The van der Waals surface area contributed by atoms with Crippen molar-refractivity contribution >= 4 is 0 Å². The van der Waals surface area contributed by atoms with Gasteiger partial charge in [0.1, 0.15) is 0 Å². The lowest BCUT2D eigenvalue weighted by Gasteiger charge is -2.34. The van der Waals surface area contributed by atoms with E-state index in [1.165, 1.54) is 0 Å². The maximum absolute atomic E-state index is 5.92. The molecule has 2 nitrogen and oxygen atoms in total. The van der Waals surface area contributed by atoms with E-state index in [1.54, 1.807) is 0 Å². The minimum atomic E-state index is -0.0344. The van der Waals surface area contributed by atoms with Gasteiger partial charge in [-0.3, -0.25) is 0 Å². The van der Waals surface area contributed by atoms with Gasteiger partial charge in [-0.15, -0.1) is 0 Å². The molecule has 0 saturated heterocycles. The molecule has 0 bridgehead atoms. The highest BCUT2D eigenvalue weighted by Gasteiger charge is 2.23. The number of nitrogens with zero attached hydrogens (tertiary/aromatic N) is 1. The average Bonchev–Trinajstić information content (AvgIpc) is 1.82. The molecule has 0 aliphatic carbocycles. The van der Waals surface area contributed by atoms with Crippen LogP contribution < -0.4 is 5.73 Å². The van der Waals surface area contributed by atoms with Gasteiger partial charge in [-0.2, -0.15) is 0 Å². The standard InChI is InChI=1S/C10H24N2/c1-9(2,11)7-8-10(3,4)12(5)6/h7-8,11H2,1-6H3. The van der Waals surface area contributed by atoms with E-state index in [9.17, 15) is 0 Å². The predicted molar refractivity (Wildman–Crippen MR) is 55.3 cm³/mol. The van der Waals surface area contributed by atoms with Gasteiger partial charge in [0.25, 0.3) is 0 Å². The molecule has 12 heavy (non-hydrogen) atoms. The van der Waals surface area contributed by atoms with Gasteiger partial charge in [-0.25, -0.2) is 0 Å². The van der Waals surface area contributed by atoms with E-state index in [-0.39, 0.29) is 11.1 Å². The van der Waals surface area contributed by atoms with E-state index < -0.39 is 0 Å². The molecule has 0 aromatic rings. The van der Waals surface area contributed by atoms with Gasteiger partial charge < -0.3 is 10.6 Å². The van der Waals surface area contributed by atoms with Crippen LogP contribution in [0.15, 0.2) is 0 Å². The van der Waals surface area contributed by atoms with E-state index in [2.05, 4.69) is 46.7 Å². The van der Waals surface area contributed by atoms with Gasteiger partial charge in [0.15, 0.2) is 0 Å². The lowest BCUT2D eigenvalue weighted by atomic mass is 9.89. The van der Waals surface area contributed by atoms with E-state index in [1.807, 2.05) is 0 Å². The Morgan fingerprint density at radius 1 is 1.00 bits per heavy atom. The molecule has 0 unspecified atom stereocenters. The molecule has 0 saturated carbocycles. The normalized spacial score (nSPS) is 14.0. The summed E-state index contributed by atoms with van der Waals surface area (Å²) in [6.07, 6.45) is 2.21. The fourth-order valence-corrected chi connectivity index (χ4v) is 0.852. The summed E-state index contributed by atoms with van der Waals surface area (Å²) < 4.78 is 0. The minimum Gasteiger partial charge on any atom is -0.326 e. The third-order valence-electron chi connectivity index (χ3n) is 2.59. The lowest BCUT2D eigenvalue weighted by Crippen LogP contribution is -2.41. The Hall–Kier alpha value is -0.0800. The molecule has 0 aromatic heterocycles. The molecule has 0 heterocycles. The van der Waals surface area contributed by atoms with Gasteiger partial charge >= 0.3 is 0 Å². The van der Waals surface area contributed by atoms with E-state index in [0.29, 0.717) is 0 Å². The molecule has 2 N–H and O–H groups in total. The first-order valence-corrected chi connectivity index (χ1v) is 4.61. The van der Waals surface area contributed by atoms with Crippen LogP contribution in [0.25, 0.3) is 0 Å². The maximum Gasteiger partial charge on any atom is 0.0147 e. The lowest BCUT2D eigenvalue weighted by molar-refractivity contribution is 0.168. The van der Waals surface area contributed by atoms with Crippen LogP contribution >= 0.6 is 0 Å². The van der Waals surface area contributed by atoms with Crippen LogP contribution in [0.4, 0.5) is 0 Å². The summed E-state index contributed by atoms with van der Waals surface area (Å²) in [5.74, 6) is 0. The van der Waals surface area contributed by atoms with Crippen molar-refractivity contribution in [1.82, 2.24) is 4.90 Å². The molecule has 0 rings (SSSR count). The van der Waals surface area contributed by atoms with Gasteiger partial charge in [-0.05, 0) is 54.6 Å². The minimum absolute atomic E-state index is 0.0344. The summed E-state index contributed by atoms with van der Waals surface area (Å²) in [5.41, 5.74) is 6.15. The van der Waals surface area contributed by atoms with Crippen LogP contribution in [0.5, 0.6) is 0 Å². The summed E-state index contributed by atoms with van der Waals surface area (Å²) in [6, 6.07) is 0. The summed E-state index contributed by atoms with van der Waals surface area (Å²) in [6.45, 7) is 8.66. The van der Waals surface area contributed by atoms with Crippen LogP contribution in [0.2, 0.25) is 0 Å². The summed E-state index contributed by atoms with van der Waals surface area (Å²) in [7, 11) is 4.23. The second-order valence-corrected chi connectivity index (χ2v) is 5.20. The van der Waals surface area contributed by atoms with Crippen molar-refractivity contribution in [3.8, 4) is 0 Å². The van der Waals surface area contributed by atoms with Crippen molar-refractivity contribution in [1.29, 1.82) is 0 Å². The van der Waals surface area contributed by atoms with Crippen molar-refractivity contribution in [3.63, 3.8) is 0 Å². The second kappa shape index (κ2) is 3.75. The third kappa shape index (κ3) is 4.73. The Balaban J connectivity index is 3.93. The number of hydrogen-bond donors (Lipinski definition) is 1. The number of rotatable bonds is 4. The SMILES string of the molecule is CN(C)C(C)(C)CCC(C)(C)N. The first kappa shape index (κ1) is 11.9. The molecule has 0 aromatic carbocycles. The summed E-state index contributed by atoms with van der Waals surface area (Å²) in [4.78, 5) is 2.25. The highest BCUT2D eigenvalue weighted by atomic mass is 15.1. The molecule has 0 aliphatic heterocycles. The van der Waals surface area contributed by atoms with Crippen molar-refractivity contribution in [2.45, 2.75) is 51.6 Å². The van der Waals surface area contributed by atoms with Crippen LogP contribution in [-0.4, -0.2) is 30.1 Å². The largest absolute Gasteiger partial charge is 0.326 e. The van der Waals surface area contributed by atoms with Crippen LogP contribution in [0.3, 0.4) is 0 Å². The van der Waals surface area contributed by atoms with Crippen LogP contribution in [0.1, 0.15) is 40.5 Å². The smallest absolute Gasteiger partial charge is 0.0147 e. The molecule has 74 valence electrons. The van der Waals surface area contributed by atoms with Crippen LogP contribution in [-0.2, 0) is 0 Å². The highest BCUT2D eigenvalue weighted by molar-refractivity contribution is 4.82. The molecule has 0 aliphatic rings. The highest BCUT2D eigenvalue weighted by Crippen LogP contribution is 2.21. The Morgan fingerprint density at radius 3 is 1.67 bits per heavy atom. The zero-order valence-corrected chi connectivity index (χ0v) is 9.44. The summed E-state index contributed by atoms with van der Waals surface area (Å²) >= 11 is 0. The van der Waals surface area contributed by atoms with Crippen molar-refractivity contribution in [2.75, 3.05) is 14.1 Å². The van der Waals surface area contributed by atoms with Crippen molar-refractivity contribution in [3.05, 3.63) is 0 Å². The van der Waals surface area contributed by atoms with Gasteiger partial charge in [0, 0.05) is 11.1 Å². The maximum atomic E-state index is 5.92. The third-order valence-corrected chi connectivity index (χ3v) is 2.59. The molecule has 2 heteroatoms. The van der Waals surface area contributed by atoms with Gasteiger partial charge in [0.05, 0.1) is 0 Å². The molecule has 0 amide bonds. The first-order valence-electron chi connectivity index (χ1n) is 4.61. The Morgan fingerprint density at radius 2 is 1.42 bits per heavy atom. The van der Waals surface area contributed by atoms with Gasteiger partial charge in [0.2, 0.25) is 0 Å². The Bertz CT molecular complexity index is 131. The number of nitrogens with two attached hydrogens (primary N) is 1. The average molecular weight is 172 g/mol. The van der Waals surface area contributed by atoms with Gasteiger partial charge in [-0.1, -0.05) is 0 Å².